The Labute approximate surface area is 300 Å². The van der Waals surface area contributed by atoms with E-state index in [1.807, 2.05) is 36.4 Å². The van der Waals surface area contributed by atoms with E-state index in [-0.39, 0.29) is 0 Å². The molecular weight excluding hydrogens is 635 g/mol. The highest BCUT2D eigenvalue weighted by atomic mass is 15.0. The molecule has 5 nitrogen and oxygen atoms in total. The third-order valence-electron chi connectivity index (χ3n) is 10.6. The highest BCUT2D eigenvalue weighted by molar-refractivity contribution is 6.15. The number of hydrogen-bond donors (Lipinski definition) is 0. The van der Waals surface area contributed by atoms with E-state index in [1.54, 1.807) is 0 Å². The quantitative estimate of drug-likeness (QED) is 0.184. The molecule has 3 heterocycles. The van der Waals surface area contributed by atoms with Crippen LogP contribution in [0.4, 0.5) is 0 Å². The summed E-state index contributed by atoms with van der Waals surface area (Å²) in [7, 11) is 0. The van der Waals surface area contributed by atoms with E-state index in [2.05, 4.69) is 137 Å². The van der Waals surface area contributed by atoms with Gasteiger partial charge in [0.15, 0.2) is 17.5 Å². The van der Waals surface area contributed by atoms with E-state index in [9.17, 15) is 0 Å². The Balaban J connectivity index is 1.20. The maximum atomic E-state index is 5.12. The number of benzene rings is 7. The van der Waals surface area contributed by atoms with E-state index in [1.165, 1.54) is 54.9 Å². The van der Waals surface area contributed by atoms with Crippen LogP contribution in [0.1, 0.15) is 11.1 Å². The predicted molar refractivity (Wildman–Crippen MR) is 212 cm³/mol. The van der Waals surface area contributed by atoms with E-state index in [4.69, 9.17) is 15.0 Å². The van der Waals surface area contributed by atoms with Gasteiger partial charge in [0, 0.05) is 49.6 Å². The molecule has 11 rings (SSSR count). The third kappa shape index (κ3) is 4.39. The highest BCUT2D eigenvalue weighted by Crippen LogP contribution is 2.44. The van der Waals surface area contributed by atoms with Crippen LogP contribution in [0.25, 0.3) is 89.2 Å². The first-order chi connectivity index (χ1) is 25.8. The molecule has 0 aliphatic heterocycles. The molecule has 0 saturated heterocycles. The lowest BCUT2D eigenvalue weighted by Gasteiger charge is -2.17. The molecule has 0 spiro atoms. The number of aromatic nitrogens is 5. The van der Waals surface area contributed by atoms with Gasteiger partial charge in [-0.3, -0.25) is 0 Å². The molecule has 1 aliphatic rings. The van der Waals surface area contributed by atoms with E-state index in [0.717, 1.165) is 40.7 Å². The number of hydrogen-bond acceptors (Lipinski definition) is 3. The van der Waals surface area contributed by atoms with Crippen LogP contribution in [-0.4, -0.2) is 24.1 Å². The molecular formula is C47H31N5. The van der Waals surface area contributed by atoms with Gasteiger partial charge in [0.1, 0.15) is 0 Å². The molecule has 3 aromatic heterocycles. The molecule has 0 atom stereocenters. The second-order valence-electron chi connectivity index (χ2n) is 13.6. The predicted octanol–water partition coefficient (Wildman–Crippen LogP) is 11.2. The maximum absolute atomic E-state index is 5.12. The SMILES string of the molecule is c1ccc(-c2nc(-c3ccccc3)nc(-c3cc4c5c6c(cc(-n7c8ccccc8c8ccccc87)cc6n(-c6ccccc6)c5c3)CC4)n2)cc1. The van der Waals surface area contributed by atoms with Crippen LogP contribution in [0.2, 0.25) is 0 Å². The first-order valence-electron chi connectivity index (χ1n) is 17.8. The van der Waals surface area contributed by atoms with Gasteiger partial charge in [-0.1, -0.05) is 115 Å². The van der Waals surface area contributed by atoms with Crippen molar-refractivity contribution in [2.75, 3.05) is 0 Å². The van der Waals surface area contributed by atoms with Crippen LogP contribution in [0.5, 0.6) is 0 Å². The normalized spacial score (nSPS) is 12.5. The molecule has 0 fully saturated rings. The zero-order valence-electron chi connectivity index (χ0n) is 28.2. The summed E-state index contributed by atoms with van der Waals surface area (Å²) in [6, 6.07) is 58.1. The van der Waals surface area contributed by atoms with Crippen molar-refractivity contribution < 1.29 is 0 Å². The van der Waals surface area contributed by atoms with Crippen molar-refractivity contribution >= 4 is 43.6 Å². The lowest BCUT2D eigenvalue weighted by atomic mass is 9.89. The van der Waals surface area contributed by atoms with Gasteiger partial charge in [-0.25, -0.2) is 15.0 Å². The van der Waals surface area contributed by atoms with Gasteiger partial charge < -0.3 is 9.13 Å². The van der Waals surface area contributed by atoms with E-state index < -0.39 is 0 Å². The average Bonchev–Trinajstić information content (AvgIpc) is 3.74. The Morgan fingerprint density at radius 1 is 0.346 bits per heavy atom. The van der Waals surface area contributed by atoms with Gasteiger partial charge >= 0.3 is 0 Å². The van der Waals surface area contributed by atoms with Crippen molar-refractivity contribution in [2.45, 2.75) is 12.8 Å². The van der Waals surface area contributed by atoms with Gasteiger partial charge in [0.25, 0.3) is 0 Å². The van der Waals surface area contributed by atoms with Gasteiger partial charge in [0.05, 0.1) is 22.1 Å². The molecule has 0 unspecified atom stereocenters. The summed E-state index contributed by atoms with van der Waals surface area (Å²) in [6.45, 7) is 0. The van der Waals surface area contributed by atoms with Crippen molar-refractivity contribution in [3.63, 3.8) is 0 Å². The largest absolute Gasteiger partial charge is 0.309 e. The fourth-order valence-electron chi connectivity index (χ4n) is 8.33. The summed E-state index contributed by atoms with van der Waals surface area (Å²) in [6.07, 6.45) is 1.89. The number of para-hydroxylation sites is 3. The fraction of sp³-hybridized carbons (Fsp3) is 0.0426. The van der Waals surface area contributed by atoms with Crippen molar-refractivity contribution in [3.8, 4) is 45.5 Å². The molecule has 0 saturated carbocycles. The summed E-state index contributed by atoms with van der Waals surface area (Å²) in [5.41, 5.74) is 12.7. The average molecular weight is 666 g/mol. The lowest BCUT2D eigenvalue weighted by Crippen LogP contribution is -2.03. The van der Waals surface area contributed by atoms with Crippen molar-refractivity contribution in [3.05, 3.63) is 175 Å². The van der Waals surface area contributed by atoms with Crippen LogP contribution in [0.15, 0.2) is 164 Å². The van der Waals surface area contributed by atoms with Gasteiger partial charge in [-0.2, -0.15) is 0 Å². The van der Waals surface area contributed by atoms with E-state index >= 15 is 0 Å². The second kappa shape index (κ2) is 11.3. The zero-order valence-corrected chi connectivity index (χ0v) is 28.2. The summed E-state index contributed by atoms with van der Waals surface area (Å²) in [4.78, 5) is 15.2. The molecule has 0 N–H and O–H groups in total. The minimum atomic E-state index is 0.667. The second-order valence-corrected chi connectivity index (χ2v) is 13.6. The van der Waals surface area contributed by atoms with Crippen LogP contribution >= 0.6 is 0 Å². The molecule has 0 amide bonds. The van der Waals surface area contributed by atoms with Crippen LogP contribution < -0.4 is 0 Å². The maximum Gasteiger partial charge on any atom is 0.164 e. The van der Waals surface area contributed by atoms with Crippen molar-refractivity contribution in [2.24, 2.45) is 0 Å². The van der Waals surface area contributed by atoms with Gasteiger partial charge in [-0.15, -0.1) is 0 Å². The molecule has 0 bridgehead atoms. The summed E-state index contributed by atoms with van der Waals surface area (Å²) in [5, 5.41) is 5.19. The van der Waals surface area contributed by atoms with Crippen molar-refractivity contribution in [1.29, 1.82) is 0 Å². The smallest absolute Gasteiger partial charge is 0.164 e. The minimum absolute atomic E-state index is 0.667. The molecule has 0 radical (unpaired) electrons. The van der Waals surface area contributed by atoms with Crippen LogP contribution in [-0.2, 0) is 12.8 Å². The van der Waals surface area contributed by atoms with Crippen LogP contribution in [0, 0.1) is 0 Å². The molecule has 5 heteroatoms. The number of nitrogens with zero attached hydrogens (tertiary/aromatic N) is 5. The Bertz CT molecular complexity index is 2880. The lowest BCUT2D eigenvalue weighted by molar-refractivity contribution is 0.965. The monoisotopic (exact) mass is 665 g/mol. The van der Waals surface area contributed by atoms with Crippen LogP contribution in [0.3, 0.4) is 0 Å². The van der Waals surface area contributed by atoms with Gasteiger partial charge in [0.2, 0.25) is 0 Å². The molecule has 10 aromatic rings. The Hall–Kier alpha value is -6.85. The molecule has 7 aromatic carbocycles. The zero-order chi connectivity index (χ0) is 34.2. The Kier molecular flexibility index (Phi) is 6.31. The standard InChI is InChI=1S/C47H31N5/c1-4-14-30(15-5-1)45-48-46(31-16-6-2-7-17-31)50-47(49-45)34-26-32-24-25-33-27-36(52-39-22-12-10-20-37(39)38-21-11-13-23-40(38)52)29-42-44(33)43(32)41(28-34)51(42)35-18-8-3-9-19-35/h1-23,26-29H,24-25H2. The fourth-order valence-corrected chi connectivity index (χ4v) is 8.33. The molecule has 1 aliphatic carbocycles. The highest BCUT2D eigenvalue weighted by Gasteiger charge is 2.25. The minimum Gasteiger partial charge on any atom is -0.309 e. The topological polar surface area (TPSA) is 48.5 Å². The Morgan fingerprint density at radius 2 is 0.788 bits per heavy atom. The molecule has 52 heavy (non-hydrogen) atoms. The number of fused-ring (bicyclic) bond motifs is 3. The van der Waals surface area contributed by atoms with Crippen molar-refractivity contribution in [1.82, 2.24) is 24.1 Å². The summed E-state index contributed by atoms with van der Waals surface area (Å²) < 4.78 is 4.89. The van der Waals surface area contributed by atoms with Gasteiger partial charge in [-0.05, 0) is 72.5 Å². The number of rotatable bonds is 5. The third-order valence-corrected chi connectivity index (χ3v) is 10.6. The molecule has 244 valence electrons. The van der Waals surface area contributed by atoms with E-state index in [0.29, 0.717) is 17.5 Å². The summed E-state index contributed by atoms with van der Waals surface area (Å²) >= 11 is 0. The first kappa shape index (κ1) is 28.9. The number of aryl methyl sites for hydroxylation is 2. The Morgan fingerprint density at radius 3 is 1.37 bits per heavy atom. The summed E-state index contributed by atoms with van der Waals surface area (Å²) in [5.74, 6) is 2.01. The first-order valence-corrected chi connectivity index (χ1v) is 17.8.